The number of carbonyl (C=O) groups is 1. The second kappa shape index (κ2) is 5.66. The van der Waals surface area contributed by atoms with Crippen molar-refractivity contribution in [1.82, 2.24) is 10.3 Å². The molecule has 1 aromatic heterocycles. The molecular weight excluding hydrogens is 266 g/mol. The molecule has 1 atom stereocenters. The molecule has 7 heteroatoms. The maximum absolute atomic E-state index is 11.9. The van der Waals surface area contributed by atoms with Crippen molar-refractivity contribution in [2.24, 2.45) is 0 Å². The van der Waals surface area contributed by atoms with Crippen molar-refractivity contribution >= 4 is 21.3 Å². The van der Waals surface area contributed by atoms with Crippen molar-refractivity contribution in [2.45, 2.75) is 18.9 Å². The topological polar surface area (TPSA) is 102 Å². The minimum atomic E-state index is -3.01. The number of nitrogens with two attached hydrogens (primary N) is 1. The minimum Gasteiger partial charge on any atom is -0.398 e. The first-order chi connectivity index (χ1) is 8.96. The SMILES string of the molecule is Nc1ccncc1CC(=O)CC1CS(=O)(=O)CCN1. The highest BCUT2D eigenvalue weighted by Crippen LogP contribution is 2.12. The van der Waals surface area contributed by atoms with Gasteiger partial charge in [0.25, 0.3) is 0 Å². The molecular formula is C12H17N3O3S. The Morgan fingerprint density at radius 1 is 1.53 bits per heavy atom. The van der Waals surface area contributed by atoms with E-state index in [2.05, 4.69) is 10.3 Å². The Labute approximate surface area is 112 Å². The molecule has 2 heterocycles. The summed E-state index contributed by atoms with van der Waals surface area (Å²) in [5, 5.41) is 3.06. The summed E-state index contributed by atoms with van der Waals surface area (Å²) in [7, 11) is -3.01. The number of Topliss-reactive ketones (excluding diaryl/α,β-unsaturated/α-hetero) is 1. The van der Waals surface area contributed by atoms with Crippen LogP contribution < -0.4 is 11.1 Å². The Morgan fingerprint density at radius 2 is 2.32 bits per heavy atom. The maximum atomic E-state index is 11.9. The van der Waals surface area contributed by atoms with Crippen LogP contribution in [0.15, 0.2) is 18.5 Å². The average Bonchev–Trinajstić information content (AvgIpc) is 2.30. The van der Waals surface area contributed by atoms with Crippen LogP contribution in [0.2, 0.25) is 0 Å². The smallest absolute Gasteiger partial charge is 0.153 e. The van der Waals surface area contributed by atoms with E-state index in [1.165, 1.54) is 0 Å². The normalized spacial score (nSPS) is 22.0. The molecule has 0 radical (unpaired) electrons. The summed E-state index contributed by atoms with van der Waals surface area (Å²) in [6.45, 7) is 0.412. The van der Waals surface area contributed by atoms with Crippen LogP contribution in [-0.2, 0) is 21.1 Å². The van der Waals surface area contributed by atoms with Crippen molar-refractivity contribution in [3.63, 3.8) is 0 Å². The van der Waals surface area contributed by atoms with Gasteiger partial charge in [0.15, 0.2) is 9.84 Å². The molecule has 104 valence electrons. The van der Waals surface area contributed by atoms with Gasteiger partial charge in [0.05, 0.1) is 11.5 Å². The zero-order chi connectivity index (χ0) is 13.9. The number of aromatic nitrogens is 1. The van der Waals surface area contributed by atoms with Crippen LogP contribution in [-0.4, -0.2) is 43.3 Å². The average molecular weight is 283 g/mol. The molecule has 0 amide bonds. The molecule has 2 rings (SSSR count). The van der Waals surface area contributed by atoms with E-state index in [0.29, 0.717) is 17.8 Å². The van der Waals surface area contributed by atoms with Crippen LogP contribution in [0.25, 0.3) is 0 Å². The van der Waals surface area contributed by atoms with Gasteiger partial charge in [-0.25, -0.2) is 8.42 Å². The number of hydrogen-bond acceptors (Lipinski definition) is 6. The molecule has 0 saturated carbocycles. The molecule has 1 aromatic rings. The summed E-state index contributed by atoms with van der Waals surface area (Å²) in [5.74, 6) is 0.142. The Hall–Kier alpha value is -1.47. The van der Waals surface area contributed by atoms with Crippen LogP contribution in [0.5, 0.6) is 0 Å². The predicted octanol–water partition coefficient (Wildman–Crippen LogP) is -0.448. The molecule has 3 N–H and O–H groups in total. The molecule has 6 nitrogen and oxygen atoms in total. The first-order valence-electron chi connectivity index (χ1n) is 6.10. The fourth-order valence-electron chi connectivity index (χ4n) is 2.14. The zero-order valence-corrected chi connectivity index (χ0v) is 11.3. The lowest BCUT2D eigenvalue weighted by Gasteiger charge is -2.23. The highest BCUT2D eigenvalue weighted by molar-refractivity contribution is 7.91. The lowest BCUT2D eigenvalue weighted by atomic mass is 10.0. The third kappa shape index (κ3) is 4.00. The predicted molar refractivity (Wildman–Crippen MR) is 72.4 cm³/mol. The number of rotatable bonds is 4. The third-order valence-corrected chi connectivity index (χ3v) is 4.84. The van der Waals surface area contributed by atoms with Gasteiger partial charge in [0.1, 0.15) is 5.78 Å². The summed E-state index contributed by atoms with van der Waals surface area (Å²) in [4.78, 5) is 15.9. The Kier molecular flexibility index (Phi) is 4.16. The van der Waals surface area contributed by atoms with E-state index in [-0.39, 0.29) is 36.2 Å². The van der Waals surface area contributed by atoms with Crippen molar-refractivity contribution in [1.29, 1.82) is 0 Å². The lowest BCUT2D eigenvalue weighted by molar-refractivity contribution is -0.118. The van der Waals surface area contributed by atoms with Crippen LogP contribution in [0.1, 0.15) is 12.0 Å². The van der Waals surface area contributed by atoms with E-state index in [4.69, 9.17) is 5.73 Å². The number of sulfone groups is 1. The number of nitrogens with zero attached hydrogens (tertiary/aromatic N) is 1. The molecule has 0 aliphatic carbocycles. The van der Waals surface area contributed by atoms with Gasteiger partial charge in [0, 0.05) is 49.1 Å². The molecule has 0 spiro atoms. The molecule has 19 heavy (non-hydrogen) atoms. The van der Waals surface area contributed by atoms with Gasteiger partial charge < -0.3 is 11.1 Å². The zero-order valence-electron chi connectivity index (χ0n) is 10.5. The Bertz CT molecular complexity index is 571. The van der Waals surface area contributed by atoms with Gasteiger partial charge >= 0.3 is 0 Å². The van der Waals surface area contributed by atoms with Gasteiger partial charge in [-0.05, 0) is 6.07 Å². The summed E-state index contributed by atoms with van der Waals surface area (Å²) in [6, 6.07) is 1.36. The number of carbonyl (C=O) groups excluding carboxylic acids is 1. The van der Waals surface area contributed by atoms with E-state index < -0.39 is 9.84 Å². The van der Waals surface area contributed by atoms with Crippen molar-refractivity contribution < 1.29 is 13.2 Å². The fraction of sp³-hybridized carbons (Fsp3) is 0.500. The highest BCUT2D eigenvalue weighted by Gasteiger charge is 2.25. The maximum Gasteiger partial charge on any atom is 0.153 e. The van der Waals surface area contributed by atoms with Crippen LogP contribution >= 0.6 is 0 Å². The first kappa shape index (κ1) is 14.0. The Balaban J connectivity index is 1.93. The molecule has 1 aliphatic heterocycles. The number of anilines is 1. The van der Waals surface area contributed by atoms with Crippen LogP contribution in [0.3, 0.4) is 0 Å². The third-order valence-electron chi connectivity index (χ3n) is 3.10. The van der Waals surface area contributed by atoms with E-state index in [1.54, 1.807) is 18.5 Å². The molecule has 0 aromatic carbocycles. The second-order valence-electron chi connectivity index (χ2n) is 4.76. The highest BCUT2D eigenvalue weighted by atomic mass is 32.2. The van der Waals surface area contributed by atoms with Crippen molar-refractivity contribution in [3.8, 4) is 0 Å². The van der Waals surface area contributed by atoms with Gasteiger partial charge in [-0.15, -0.1) is 0 Å². The summed E-state index contributed by atoms with van der Waals surface area (Å²) < 4.78 is 22.9. The molecule has 1 aliphatic rings. The lowest BCUT2D eigenvalue weighted by Crippen LogP contribution is -2.46. The quantitative estimate of drug-likeness (QED) is 0.776. The summed E-state index contributed by atoms with van der Waals surface area (Å²) in [5.41, 5.74) is 6.96. The Morgan fingerprint density at radius 3 is 3.00 bits per heavy atom. The van der Waals surface area contributed by atoms with E-state index in [1.807, 2.05) is 0 Å². The fourth-order valence-corrected chi connectivity index (χ4v) is 3.59. The largest absolute Gasteiger partial charge is 0.398 e. The number of ketones is 1. The van der Waals surface area contributed by atoms with Gasteiger partial charge in [-0.3, -0.25) is 9.78 Å². The standard InChI is InChI=1S/C12H17N3O3S/c13-12-1-2-14-7-9(12)5-11(16)6-10-8-19(17,18)4-3-15-10/h1-2,7,10,15H,3-6,8H2,(H2,13,14). The molecule has 1 saturated heterocycles. The van der Waals surface area contributed by atoms with Crippen LogP contribution in [0.4, 0.5) is 5.69 Å². The molecule has 1 unspecified atom stereocenters. The molecule has 1 fully saturated rings. The second-order valence-corrected chi connectivity index (χ2v) is 6.99. The van der Waals surface area contributed by atoms with E-state index >= 15 is 0 Å². The first-order valence-corrected chi connectivity index (χ1v) is 7.92. The summed E-state index contributed by atoms with van der Waals surface area (Å²) in [6.07, 6.45) is 3.53. The number of hydrogen-bond donors (Lipinski definition) is 2. The van der Waals surface area contributed by atoms with Crippen molar-refractivity contribution in [3.05, 3.63) is 24.0 Å². The van der Waals surface area contributed by atoms with Gasteiger partial charge in [-0.2, -0.15) is 0 Å². The van der Waals surface area contributed by atoms with Gasteiger partial charge in [0.2, 0.25) is 0 Å². The number of pyridine rings is 1. The summed E-state index contributed by atoms with van der Waals surface area (Å²) >= 11 is 0. The van der Waals surface area contributed by atoms with Crippen LogP contribution in [0, 0.1) is 0 Å². The monoisotopic (exact) mass is 283 g/mol. The van der Waals surface area contributed by atoms with E-state index in [0.717, 1.165) is 0 Å². The number of nitrogens with one attached hydrogen (secondary N) is 1. The van der Waals surface area contributed by atoms with Crippen molar-refractivity contribution in [2.75, 3.05) is 23.8 Å². The molecule has 0 bridgehead atoms. The van der Waals surface area contributed by atoms with Gasteiger partial charge in [-0.1, -0.05) is 0 Å². The number of nitrogen functional groups attached to an aromatic ring is 1. The minimum absolute atomic E-state index is 0.0290. The van der Waals surface area contributed by atoms with E-state index in [9.17, 15) is 13.2 Å².